The van der Waals surface area contributed by atoms with Crippen molar-refractivity contribution in [2.45, 2.75) is 0 Å². The van der Waals surface area contributed by atoms with Crippen LogP contribution in [0, 0.1) is 0 Å². The summed E-state index contributed by atoms with van der Waals surface area (Å²) in [6, 6.07) is 11.6. The largest absolute Gasteiger partial charge is 0.507 e. The summed E-state index contributed by atoms with van der Waals surface area (Å²) < 4.78 is 16.0. The highest BCUT2D eigenvalue weighted by atomic mass is 16.5. The molecule has 0 radical (unpaired) electrons. The first kappa shape index (κ1) is 18.6. The molecule has 1 aliphatic carbocycles. The van der Waals surface area contributed by atoms with E-state index in [1.54, 1.807) is 42.5 Å². The van der Waals surface area contributed by atoms with E-state index in [0.29, 0.717) is 28.0 Å². The molecule has 3 aromatic carbocycles. The van der Waals surface area contributed by atoms with Gasteiger partial charge in [-0.15, -0.1) is 0 Å². The maximum absolute atomic E-state index is 13.2. The maximum atomic E-state index is 13.2. The van der Waals surface area contributed by atoms with E-state index < -0.39 is 5.78 Å². The Kier molecular flexibility index (Phi) is 4.47. The Morgan fingerprint density at radius 3 is 2.14 bits per heavy atom. The van der Waals surface area contributed by atoms with Crippen LogP contribution in [0.3, 0.4) is 0 Å². The molecule has 0 spiro atoms. The van der Waals surface area contributed by atoms with Crippen LogP contribution in [0.5, 0.6) is 23.0 Å². The number of rotatable bonds is 4. The van der Waals surface area contributed by atoms with Gasteiger partial charge in [-0.1, -0.05) is 12.1 Å². The van der Waals surface area contributed by atoms with Gasteiger partial charge in [-0.3, -0.25) is 9.59 Å². The zero-order valence-electron chi connectivity index (χ0n) is 16.1. The Morgan fingerprint density at radius 2 is 1.45 bits per heavy atom. The molecule has 0 fully saturated rings. The molecule has 29 heavy (non-hydrogen) atoms. The van der Waals surface area contributed by atoms with Gasteiger partial charge in [0.05, 0.1) is 32.3 Å². The number of fused-ring (bicyclic) bond motifs is 2. The molecule has 3 aromatic rings. The molecule has 4 rings (SSSR count). The molecule has 0 amide bonds. The summed E-state index contributed by atoms with van der Waals surface area (Å²) >= 11 is 0. The van der Waals surface area contributed by atoms with Crippen molar-refractivity contribution in [2.24, 2.45) is 0 Å². The van der Waals surface area contributed by atoms with Crippen molar-refractivity contribution in [1.29, 1.82) is 0 Å². The van der Waals surface area contributed by atoms with E-state index in [0.717, 1.165) is 0 Å². The number of allylic oxidation sites excluding steroid dienone is 2. The van der Waals surface area contributed by atoms with Gasteiger partial charge in [-0.25, -0.2) is 0 Å². The minimum atomic E-state index is -0.395. The van der Waals surface area contributed by atoms with E-state index in [4.69, 9.17) is 14.2 Å². The highest BCUT2D eigenvalue weighted by Crippen LogP contribution is 2.44. The van der Waals surface area contributed by atoms with Crippen LogP contribution in [0.15, 0.2) is 48.5 Å². The van der Waals surface area contributed by atoms with Crippen LogP contribution in [0.4, 0.5) is 0 Å². The third kappa shape index (κ3) is 2.72. The number of ketones is 2. The third-order valence-electron chi connectivity index (χ3n) is 5.06. The quantitative estimate of drug-likeness (QED) is 0.724. The highest BCUT2D eigenvalue weighted by molar-refractivity contribution is 6.40. The molecular formula is C23H18O6. The number of phenols is 1. The summed E-state index contributed by atoms with van der Waals surface area (Å²) in [5.41, 5.74) is 0.794. The molecule has 0 aliphatic heterocycles. The zero-order chi connectivity index (χ0) is 20.7. The summed E-state index contributed by atoms with van der Waals surface area (Å²) in [7, 11) is 4.46. The van der Waals surface area contributed by atoms with Gasteiger partial charge < -0.3 is 19.3 Å². The van der Waals surface area contributed by atoms with Crippen LogP contribution < -0.4 is 14.2 Å². The molecule has 0 aromatic heterocycles. The van der Waals surface area contributed by atoms with Crippen molar-refractivity contribution in [2.75, 3.05) is 21.3 Å². The number of Topliss-reactive ketones (excluding diaryl/α,β-unsaturated/α-hetero) is 1. The van der Waals surface area contributed by atoms with Crippen LogP contribution >= 0.6 is 0 Å². The monoisotopic (exact) mass is 390 g/mol. The first-order valence-corrected chi connectivity index (χ1v) is 8.86. The van der Waals surface area contributed by atoms with Gasteiger partial charge in [0.2, 0.25) is 0 Å². The summed E-state index contributed by atoms with van der Waals surface area (Å²) in [6.45, 7) is 0. The normalized spacial score (nSPS) is 13.1. The number of benzene rings is 3. The second kappa shape index (κ2) is 6.98. The van der Waals surface area contributed by atoms with Gasteiger partial charge in [0.1, 0.15) is 23.0 Å². The molecule has 1 N–H and O–H groups in total. The SMILES string of the molecule is COc1cccc2c1C(=O)C(c1ccc3c(OC)ccc(OC)c3c1O)=CC2=O. The number of aromatic hydroxyl groups is 1. The molecular weight excluding hydrogens is 372 g/mol. The molecule has 0 atom stereocenters. The number of methoxy groups -OCH3 is 3. The predicted octanol–water partition coefficient (Wildman–Crippen LogP) is 4.03. The van der Waals surface area contributed by atoms with Crippen molar-refractivity contribution < 1.29 is 28.9 Å². The van der Waals surface area contributed by atoms with E-state index in [9.17, 15) is 14.7 Å². The molecule has 1 aliphatic rings. The van der Waals surface area contributed by atoms with E-state index in [1.165, 1.54) is 27.4 Å². The van der Waals surface area contributed by atoms with Gasteiger partial charge in [-0.2, -0.15) is 0 Å². The Labute approximate surface area is 166 Å². The summed E-state index contributed by atoms with van der Waals surface area (Å²) in [5, 5.41) is 12.1. The number of carbonyl (C=O) groups excluding carboxylic acids is 2. The van der Waals surface area contributed by atoms with Crippen LogP contribution in [-0.2, 0) is 0 Å². The Hall–Kier alpha value is -3.80. The van der Waals surface area contributed by atoms with Gasteiger partial charge in [0, 0.05) is 22.1 Å². The Morgan fingerprint density at radius 1 is 0.759 bits per heavy atom. The number of hydrogen-bond acceptors (Lipinski definition) is 6. The maximum Gasteiger partial charge on any atom is 0.198 e. The van der Waals surface area contributed by atoms with Gasteiger partial charge >= 0.3 is 0 Å². The average Bonchev–Trinajstić information content (AvgIpc) is 2.75. The number of carbonyl (C=O) groups is 2. The summed E-state index contributed by atoms with van der Waals surface area (Å²) in [4.78, 5) is 25.9. The topological polar surface area (TPSA) is 82.1 Å². The smallest absolute Gasteiger partial charge is 0.198 e. The number of hydrogen-bond donors (Lipinski definition) is 1. The lowest BCUT2D eigenvalue weighted by atomic mass is 9.84. The van der Waals surface area contributed by atoms with Crippen LogP contribution in [0.2, 0.25) is 0 Å². The van der Waals surface area contributed by atoms with Crippen molar-refractivity contribution >= 4 is 27.9 Å². The highest BCUT2D eigenvalue weighted by Gasteiger charge is 2.31. The second-order valence-electron chi connectivity index (χ2n) is 6.49. The fourth-order valence-corrected chi connectivity index (χ4v) is 3.69. The fraction of sp³-hybridized carbons (Fsp3) is 0.130. The van der Waals surface area contributed by atoms with Crippen molar-refractivity contribution in [3.63, 3.8) is 0 Å². The van der Waals surface area contributed by atoms with Crippen LogP contribution in [0.1, 0.15) is 26.3 Å². The number of phenolic OH excluding ortho intramolecular Hbond substituents is 1. The van der Waals surface area contributed by atoms with Gasteiger partial charge in [-0.05, 0) is 36.4 Å². The molecule has 0 saturated heterocycles. The first-order valence-electron chi connectivity index (χ1n) is 8.86. The van der Waals surface area contributed by atoms with Crippen molar-refractivity contribution in [3.8, 4) is 23.0 Å². The molecule has 146 valence electrons. The number of ether oxygens (including phenoxy) is 3. The Bertz CT molecular complexity index is 1210. The van der Waals surface area contributed by atoms with Gasteiger partial charge in [0.25, 0.3) is 0 Å². The molecule has 0 bridgehead atoms. The zero-order valence-corrected chi connectivity index (χ0v) is 16.1. The molecule has 6 nitrogen and oxygen atoms in total. The summed E-state index contributed by atoms with van der Waals surface area (Å²) in [5.74, 6) is 0.400. The average molecular weight is 390 g/mol. The third-order valence-corrected chi connectivity index (χ3v) is 5.06. The molecule has 0 saturated carbocycles. The van der Waals surface area contributed by atoms with E-state index in [1.807, 2.05) is 0 Å². The lowest BCUT2D eigenvalue weighted by Gasteiger charge is -2.19. The fourth-order valence-electron chi connectivity index (χ4n) is 3.69. The van der Waals surface area contributed by atoms with Crippen molar-refractivity contribution in [1.82, 2.24) is 0 Å². The van der Waals surface area contributed by atoms with E-state index in [2.05, 4.69) is 0 Å². The van der Waals surface area contributed by atoms with Crippen molar-refractivity contribution in [3.05, 3.63) is 65.2 Å². The van der Waals surface area contributed by atoms with Gasteiger partial charge in [0.15, 0.2) is 11.6 Å². The molecule has 6 heteroatoms. The lowest BCUT2D eigenvalue weighted by Crippen LogP contribution is -2.17. The molecule has 0 heterocycles. The Balaban J connectivity index is 1.97. The minimum Gasteiger partial charge on any atom is -0.507 e. The minimum absolute atomic E-state index is 0.0938. The summed E-state index contributed by atoms with van der Waals surface area (Å²) in [6.07, 6.45) is 1.25. The van der Waals surface area contributed by atoms with E-state index >= 15 is 0 Å². The van der Waals surface area contributed by atoms with Crippen LogP contribution in [0.25, 0.3) is 16.3 Å². The standard InChI is InChI=1S/C23H18O6/c1-27-17-9-10-19(29-3)21-14(17)8-7-12(22(21)25)15-11-16(24)13-5-4-6-18(28-2)20(13)23(15)26/h4-11,25H,1-3H3. The van der Waals surface area contributed by atoms with Crippen LogP contribution in [-0.4, -0.2) is 38.0 Å². The lowest BCUT2D eigenvalue weighted by molar-refractivity contribution is 0.0999. The first-order chi connectivity index (χ1) is 14.0. The second-order valence-corrected chi connectivity index (χ2v) is 6.49. The predicted molar refractivity (Wildman–Crippen MR) is 108 cm³/mol. The van der Waals surface area contributed by atoms with E-state index in [-0.39, 0.29) is 33.8 Å². The molecule has 0 unspecified atom stereocenters.